The van der Waals surface area contributed by atoms with E-state index in [1.165, 1.54) is 6.07 Å². The largest absolute Gasteiger partial charge is 0.309 e. The molecule has 1 aromatic heterocycles. The van der Waals surface area contributed by atoms with Crippen molar-refractivity contribution in [2.75, 3.05) is 19.4 Å². The van der Waals surface area contributed by atoms with E-state index in [2.05, 4.69) is 15.5 Å². The first-order chi connectivity index (χ1) is 10.0. The normalized spacial score (nSPS) is 10.9. The van der Waals surface area contributed by atoms with Crippen molar-refractivity contribution in [1.82, 2.24) is 15.1 Å². The maximum atomic E-state index is 13.4. The second kappa shape index (κ2) is 6.99. The van der Waals surface area contributed by atoms with E-state index >= 15 is 0 Å². The number of aryl methyl sites for hydroxylation is 1. The lowest BCUT2D eigenvalue weighted by Crippen LogP contribution is -2.13. The van der Waals surface area contributed by atoms with E-state index in [1.807, 2.05) is 19.0 Å². The molecule has 21 heavy (non-hydrogen) atoms. The fourth-order valence-corrected chi connectivity index (χ4v) is 2.00. The van der Waals surface area contributed by atoms with Crippen LogP contribution in [-0.2, 0) is 17.8 Å². The molecule has 5 nitrogen and oxygen atoms in total. The molecule has 1 aromatic carbocycles. The lowest BCUT2D eigenvalue weighted by molar-refractivity contribution is -0.116. The number of aromatic amines is 1. The van der Waals surface area contributed by atoms with Crippen LogP contribution in [0.5, 0.6) is 0 Å². The molecule has 0 aliphatic carbocycles. The van der Waals surface area contributed by atoms with Crippen molar-refractivity contribution in [3.63, 3.8) is 0 Å². The molecule has 112 valence electrons. The molecule has 0 spiro atoms. The Morgan fingerprint density at radius 2 is 2.14 bits per heavy atom. The van der Waals surface area contributed by atoms with Gasteiger partial charge < -0.3 is 10.2 Å². The number of benzene rings is 1. The van der Waals surface area contributed by atoms with Crippen molar-refractivity contribution >= 4 is 11.7 Å². The van der Waals surface area contributed by atoms with Crippen LogP contribution in [0.2, 0.25) is 0 Å². The van der Waals surface area contributed by atoms with E-state index in [0.717, 1.165) is 12.2 Å². The van der Waals surface area contributed by atoms with Gasteiger partial charge in [-0.15, -0.1) is 0 Å². The van der Waals surface area contributed by atoms with Gasteiger partial charge in [-0.05, 0) is 32.1 Å². The van der Waals surface area contributed by atoms with Gasteiger partial charge in [0, 0.05) is 19.0 Å². The van der Waals surface area contributed by atoms with E-state index in [1.54, 1.807) is 24.3 Å². The van der Waals surface area contributed by atoms with Crippen molar-refractivity contribution in [3.05, 3.63) is 47.4 Å². The Labute approximate surface area is 123 Å². The highest BCUT2D eigenvalue weighted by Crippen LogP contribution is 2.11. The summed E-state index contributed by atoms with van der Waals surface area (Å²) in [6, 6.07) is 8.27. The highest BCUT2D eigenvalue weighted by molar-refractivity contribution is 5.89. The number of hydrogen-bond donors (Lipinski definition) is 2. The molecule has 0 saturated heterocycles. The van der Waals surface area contributed by atoms with Crippen molar-refractivity contribution in [2.24, 2.45) is 0 Å². The molecule has 2 aromatic rings. The minimum atomic E-state index is -0.279. The van der Waals surface area contributed by atoms with E-state index in [0.29, 0.717) is 17.8 Å². The number of nitrogens with one attached hydrogen (secondary N) is 2. The Balaban J connectivity index is 1.84. The van der Waals surface area contributed by atoms with Crippen LogP contribution in [0.3, 0.4) is 0 Å². The molecule has 0 atom stereocenters. The maximum Gasteiger partial charge on any atom is 0.225 e. The first-order valence-electron chi connectivity index (χ1n) is 6.77. The number of H-pyrrole nitrogens is 1. The summed E-state index contributed by atoms with van der Waals surface area (Å²) in [6.07, 6.45) is 0.588. The van der Waals surface area contributed by atoms with Gasteiger partial charge in [0.25, 0.3) is 0 Å². The summed E-state index contributed by atoms with van der Waals surface area (Å²) in [6.45, 7) is 0.720. The van der Waals surface area contributed by atoms with Gasteiger partial charge in [0.2, 0.25) is 5.91 Å². The summed E-state index contributed by atoms with van der Waals surface area (Å²) in [5, 5.41) is 9.59. The molecular formula is C15H19FN4O. The first kappa shape index (κ1) is 15.2. The topological polar surface area (TPSA) is 61.0 Å². The van der Waals surface area contributed by atoms with Crippen LogP contribution >= 0.6 is 0 Å². The smallest absolute Gasteiger partial charge is 0.225 e. The van der Waals surface area contributed by atoms with E-state index in [4.69, 9.17) is 0 Å². The monoisotopic (exact) mass is 290 g/mol. The molecule has 1 amide bonds. The van der Waals surface area contributed by atoms with E-state index < -0.39 is 0 Å². The number of carbonyl (C=O) groups excluding carboxylic acids is 1. The number of anilines is 1. The van der Waals surface area contributed by atoms with Gasteiger partial charge in [-0.1, -0.05) is 18.2 Å². The third kappa shape index (κ3) is 4.68. The summed E-state index contributed by atoms with van der Waals surface area (Å²) in [4.78, 5) is 13.8. The first-order valence-corrected chi connectivity index (χ1v) is 6.77. The quantitative estimate of drug-likeness (QED) is 0.857. The average Bonchev–Trinajstić information content (AvgIpc) is 2.84. The maximum absolute atomic E-state index is 13.4. The molecule has 6 heteroatoms. The predicted molar refractivity (Wildman–Crippen MR) is 79.3 cm³/mol. The SMILES string of the molecule is CN(C)Cc1cc(NC(=O)CCc2ccccc2F)n[nH]1. The molecule has 0 aliphatic heterocycles. The fraction of sp³-hybridized carbons (Fsp3) is 0.333. The number of nitrogens with zero attached hydrogens (tertiary/aromatic N) is 2. The third-order valence-corrected chi connectivity index (χ3v) is 2.96. The summed E-state index contributed by atoms with van der Waals surface area (Å²) < 4.78 is 13.4. The van der Waals surface area contributed by atoms with Gasteiger partial charge in [-0.2, -0.15) is 5.10 Å². The second-order valence-electron chi connectivity index (χ2n) is 5.16. The lowest BCUT2D eigenvalue weighted by atomic mass is 10.1. The number of rotatable bonds is 6. The number of aromatic nitrogens is 2. The van der Waals surface area contributed by atoms with Crippen LogP contribution in [0, 0.1) is 5.82 Å². The summed E-state index contributed by atoms with van der Waals surface area (Å²) in [5.74, 6) is 0.0323. The van der Waals surface area contributed by atoms with Crippen LogP contribution in [0.1, 0.15) is 17.7 Å². The van der Waals surface area contributed by atoms with Crippen LogP contribution in [-0.4, -0.2) is 35.1 Å². The van der Waals surface area contributed by atoms with Gasteiger partial charge in [0.15, 0.2) is 5.82 Å². The summed E-state index contributed by atoms with van der Waals surface area (Å²) >= 11 is 0. The summed E-state index contributed by atoms with van der Waals surface area (Å²) in [7, 11) is 3.90. The highest BCUT2D eigenvalue weighted by atomic mass is 19.1. The molecule has 0 saturated carbocycles. The number of halogens is 1. The molecule has 2 N–H and O–H groups in total. The molecule has 2 rings (SSSR count). The minimum Gasteiger partial charge on any atom is -0.309 e. The van der Waals surface area contributed by atoms with E-state index in [9.17, 15) is 9.18 Å². The van der Waals surface area contributed by atoms with E-state index in [-0.39, 0.29) is 18.1 Å². The predicted octanol–water partition coefficient (Wildman–Crippen LogP) is 2.18. The van der Waals surface area contributed by atoms with Crippen molar-refractivity contribution in [1.29, 1.82) is 0 Å². The van der Waals surface area contributed by atoms with Crippen LogP contribution in [0.4, 0.5) is 10.2 Å². The van der Waals surface area contributed by atoms with Crippen LogP contribution in [0.15, 0.2) is 30.3 Å². The minimum absolute atomic E-state index is 0.179. The molecule has 0 aliphatic rings. The van der Waals surface area contributed by atoms with Gasteiger partial charge in [-0.3, -0.25) is 9.89 Å². The Kier molecular flexibility index (Phi) is 5.05. The zero-order valence-electron chi connectivity index (χ0n) is 12.2. The number of hydrogen-bond acceptors (Lipinski definition) is 3. The Hall–Kier alpha value is -2.21. The van der Waals surface area contributed by atoms with Crippen molar-refractivity contribution in [3.8, 4) is 0 Å². The van der Waals surface area contributed by atoms with Gasteiger partial charge in [0.1, 0.15) is 5.82 Å². The van der Waals surface area contributed by atoms with Crippen LogP contribution < -0.4 is 5.32 Å². The molecule has 0 unspecified atom stereocenters. The van der Waals surface area contributed by atoms with Crippen LogP contribution in [0.25, 0.3) is 0 Å². The second-order valence-corrected chi connectivity index (χ2v) is 5.16. The Bertz CT molecular complexity index is 609. The van der Waals surface area contributed by atoms with Crippen molar-refractivity contribution < 1.29 is 9.18 Å². The third-order valence-electron chi connectivity index (χ3n) is 2.96. The standard InChI is InChI=1S/C15H19FN4O/c1-20(2)10-12-9-14(19-18-12)17-15(21)8-7-11-5-3-4-6-13(11)16/h3-6,9H,7-8,10H2,1-2H3,(H2,17,18,19,21). The molecular weight excluding hydrogens is 271 g/mol. The van der Waals surface area contributed by atoms with Crippen molar-refractivity contribution in [2.45, 2.75) is 19.4 Å². The molecule has 0 bridgehead atoms. The number of carbonyl (C=O) groups is 1. The molecule has 0 fully saturated rings. The van der Waals surface area contributed by atoms with Gasteiger partial charge in [0.05, 0.1) is 5.69 Å². The molecule has 1 heterocycles. The Morgan fingerprint density at radius 3 is 2.86 bits per heavy atom. The lowest BCUT2D eigenvalue weighted by Gasteiger charge is -2.05. The highest BCUT2D eigenvalue weighted by Gasteiger charge is 2.08. The number of amides is 1. The zero-order chi connectivity index (χ0) is 15.2. The average molecular weight is 290 g/mol. The molecule has 0 radical (unpaired) electrons. The Morgan fingerprint density at radius 1 is 1.38 bits per heavy atom. The van der Waals surface area contributed by atoms with Gasteiger partial charge >= 0.3 is 0 Å². The van der Waals surface area contributed by atoms with Gasteiger partial charge in [-0.25, -0.2) is 4.39 Å². The zero-order valence-corrected chi connectivity index (χ0v) is 12.2. The fourth-order valence-electron chi connectivity index (χ4n) is 2.00. The summed E-state index contributed by atoms with van der Waals surface area (Å²) in [5.41, 5.74) is 1.47.